The Labute approximate surface area is 197 Å². The molecule has 6 rings (SSSR count). The molecule has 2 heterocycles. The average molecular weight is 452 g/mol. The highest BCUT2D eigenvalue weighted by Gasteiger charge is 2.44. The highest BCUT2D eigenvalue weighted by atomic mass is 32.2. The van der Waals surface area contributed by atoms with Crippen LogP contribution < -0.4 is 4.74 Å². The summed E-state index contributed by atoms with van der Waals surface area (Å²) in [6, 6.07) is 31.8. The lowest BCUT2D eigenvalue weighted by Crippen LogP contribution is -2.35. The van der Waals surface area contributed by atoms with Crippen LogP contribution in [0.25, 0.3) is 0 Å². The number of benzene rings is 4. The van der Waals surface area contributed by atoms with Crippen LogP contribution in [-0.2, 0) is 0 Å². The van der Waals surface area contributed by atoms with Crippen LogP contribution >= 0.6 is 11.8 Å². The molecule has 3 atom stereocenters. The number of aryl methyl sites for hydroxylation is 1. The minimum absolute atomic E-state index is 0.00552. The number of fused-ring (bicyclic) bond motifs is 4. The third-order valence-electron chi connectivity index (χ3n) is 6.32. The van der Waals surface area contributed by atoms with Gasteiger partial charge in [0.15, 0.2) is 0 Å². The molecular formula is C29H22FNOS. The summed E-state index contributed by atoms with van der Waals surface area (Å²) in [7, 11) is 0. The molecule has 0 spiro atoms. The Bertz CT molecular complexity index is 1350. The van der Waals surface area contributed by atoms with Crippen LogP contribution in [0.2, 0.25) is 0 Å². The zero-order valence-corrected chi connectivity index (χ0v) is 18.9. The summed E-state index contributed by atoms with van der Waals surface area (Å²) in [5.41, 5.74) is 6.39. The van der Waals surface area contributed by atoms with Gasteiger partial charge in [-0.3, -0.25) is 4.99 Å². The van der Waals surface area contributed by atoms with E-state index in [1.807, 2.05) is 48.5 Å². The zero-order valence-electron chi connectivity index (χ0n) is 18.1. The standard InChI is InChI=1S/C29H22FNOS/c1-18-11-16-23-25(17-18)33-29(20-12-14-21(30)15-13-20)26-27(31-23)22-9-5-6-10-24(22)32-28(26)19-7-3-2-4-8-19/h2-17,26,28-29H,1H3. The predicted octanol–water partition coefficient (Wildman–Crippen LogP) is 7.85. The maximum absolute atomic E-state index is 13.8. The smallest absolute Gasteiger partial charge is 0.134 e. The van der Waals surface area contributed by atoms with Crippen molar-refractivity contribution in [1.29, 1.82) is 0 Å². The molecule has 0 bridgehead atoms. The van der Waals surface area contributed by atoms with E-state index in [-0.39, 0.29) is 23.1 Å². The summed E-state index contributed by atoms with van der Waals surface area (Å²) in [6.07, 6.45) is -0.210. The first-order valence-electron chi connectivity index (χ1n) is 11.1. The number of aliphatic imine (C=N–C) groups is 1. The predicted molar refractivity (Wildman–Crippen MR) is 132 cm³/mol. The van der Waals surface area contributed by atoms with E-state index in [1.165, 1.54) is 5.56 Å². The van der Waals surface area contributed by atoms with Crippen molar-refractivity contribution >= 4 is 23.2 Å². The van der Waals surface area contributed by atoms with Crippen molar-refractivity contribution in [1.82, 2.24) is 0 Å². The van der Waals surface area contributed by atoms with Crippen molar-refractivity contribution in [3.63, 3.8) is 0 Å². The Balaban J connectivity index is 1.62. The van der Waals surface area contributed by atoms with Gasteiger partial charge in [0.2, 0.25) is 0 Å². The number of hydrogen-bond donors (Lipinski definition) is 0. The van der Waals surface area contributed by atoms with Crippen molar-refractivity contribution in [3.05, 3.63) is 125 Å². The van der Waals surface area contributed by atoms with Gasteiger partial charge in [-0.25, -0.2) is 4.39 Å². The van der Waals surface area contributed by atoms with Crippen LogP contribution in [0.1, 0.15) is 33.6 Å². The van der Waals surface area contributed by atoms with Gasteiger partial charge in [0.1, 0.15) is 17.7 Å². The molecule has 2 aliphatic rings. The topological polar surface area (TPSA) is 21.6 Å². The second kappa shape index (κ2) is 8.20. The van der Waals surface area contributed by atoms with Crippen molar-refractivity contribution in [2.24, 2.45) is 10.9 Å². The SMILES string of the molecule is Cc1ccc2c(c1)SC(c1ccc(F)cc1)C1C(=N2)c2ccccc2OC1c1ccccc1. The molecule has 0 N–H and O–H groups in total. The summed E-state index contributed by atoms with van der Waals surface area (Å²) >= 11 is 1.79. The first kappa shape index (κ1) is 20.3. The molecule has 0 aliphatic carbocycles. The summed E-state index contributed by atoms with van der Waals surface area (Å²) in [5, 5.41) is 0.00552. The highest BCUT2D eigenvalue weighted by molar-refractivity contribution is 7.99. The third-order valence-corrected chi connectivity index (χ3v) is 7.72. The molecule has 0 fully saturated rings. The summed E-state index contributed by atoms with van der Waals surface area (Å²) in [6.45, 7) is 2.10. The molecule has 4 aromatic carbocycles. The summed E-state index contributed by atoms with van der Waals surface area (Å²) in [5.74, 6) is 0.567. The number of nitrogens with zero attached hydrogens (tertiary/aromatic N) is 1. The Hall–Kier alpha value is -3.37. The normalized spacial score (nSPS) is 21.0. The first-order valence-corrected chi connectivity index (χ1v) is 12.0. The van der Waals surface area contributed by atoms with E-state index in [0.29, 0.717) is 0 Å². The van der Waals surface area contributed by atoms with Crippen LogP contribution in [0.15, 0.2) is 107 Å². The molecule has 4 heteroatoms. The van der Waals surface area contributed by atoms with Gasteiger partial charge in [-0.05, 0) is 60.0 Å². The van der Waals surface area contributed by atoms with Crippen LogP contribution in [0.5, 0.6) is 5.75 Å². The van der Waals surface area contributed by atoms with Crippen molar-refractivity contribution in [2.75, 3.05) is 0 Å². The highest BCUT2D eigenvalue weighted by Crippen LogP contribution is 2.55. The van der Waals surface area contributed by atoms with Crippen LogP contribution in [0.4, 0.5) is 10.1 Å². The van der Waals surface area contributed by atoms with E-state index >= 15 is 0 Å². The number of halogens is 1. The minimum Gasteiger partial charge on any atom is -0.484 e. The Morgan fingerprint density at radius 2 is 1.58 bits per heavy atom. The molecule has 0 radical (unpaired) electrons. The largest absolute Gasteiger partial charge is 0.484 e. The minimum atomic E-state index is -0.229. The maximum Gasteiger partial charge on any atom is 0.134 e. The molecule has 0 saturated carbocycles. The molecule has 33 heavy (non-hydrogen) atoms. The lowest BCUT2D eigenvalue weighted by Gasteiger charge is -2.38. The van der Waals surface area contributed by atoms with E-state index in [9.17, 15) is 4.39 Å². The number of rotatable bonds is 2. The van der Waals surface area contributed by atoms with Crippen LogP contribution in [0, 0.1) is 18.7 Å². The summed E-state index contributed by atoms with van der Waals surface area (Å²) < 4.78 is 20.5. The number of para-hydroxylation sites is 1. The molecule has 162 valence electrons. The molecule has 0 amide bonds. The van der Waals surface area contributed by atoms with E-state index in [0.717, 1.165) is 38.7 Å². The van der Waals surface area contributed by atoms with E-state index < -0.39 is 0 Å². The monoisotopic (exact) mass is 451 g/mol. The molecule has 2 aliphatic heterocycles. The van der Waals surface area contributed by atoms with Gasteiger partial charge >= 0.3 is 0 Å². The molecule has 0 aromatic heterocycles. The quantitative estimate of drug-likeness (QED) is 0.309. The number of hydrogen-bond acceptors (Lipinski definition) is 3. The number of thioether (sulfide) groups is 1. The molecule has 3 unspecified atom stereocenters. The molecular weight excluding hydrogens is 429 g/mol. The summed E-state index contributed by atoms with van der Waals surface area (Å²) in [4.78, 5) is 6.39. The van der Waals surface area contributed by atoms with E-state index in [4.69, 9.17) is 9.73 Å². The van der Waals surface area contributed by atoms with Gasteiger partial charge in [0, 0.05) is 15.7 Å². The van der Waals surface area contributed by atoms with Gasteiger partial charge in [0.05, 0.1) is 17.3 Å². The van der Waals surface area contributed by atoms with E-state index in [1.54, 1.807) is 23.9 Å². The molecule has 0 saturated heterocycles. The van der Waals surface area contributed by atoms with Gasteiger partial charge in [-0.1, -0.05) is 60.7 Å². The Morgan fingerprint density at radius 3 is 2.39 bits per heavy atom. The van der Waals surface area contributed by atoms with Crippen LogP contribution in [0.3, 0.4) is 0 Å². The second-order valence-corrected chi connectivity index (χ2v) is 9.71. The Kier molecular flexibility index (Phi) is 5.03. The fourth-order valence-electron chi connectivity index (χ4n) is 4.74. The van der Waals surface area contributed by atoms with Gasteiger partial charge < -0.3 is 4.74 Å². The van der Waals surface area contributed by atoms with Crippen molar-refractivity contribution in [2.45, 2.75) is 23.2 Å². The average Bonchev–Trinajstić information content (AvgIpc) is 3.02. The van der Waals surface area contributed by atoms with Crippen molar-refractivity contribution in [3.8, 4) is 5.75 Å². The second-order valence-electron chi connectivity index (χ2n) is 8.53. The molecule has 4 aromatic rings. The molecule has 2 nitrogen and oxygen atoms in total. The van der Waals surface area contributed by atoms with E-state index in [2.05, 4.69) is 43.3 Å². The van der Waals surface area contributed by atoms with Crippen LogP contribution in [-0.4, -0.2) is 5.71 Å². The lowest BCUT2D eigenvalue weighted by molar-refractivity contribution is 0.156. The first-order chi connectivity index (χ1) is 16.2. The lowest BCUT2D eigenvalue weighted by atomic mass is 9.80. The van der Waals surface area contributed by atoms with Gasteiger partial charge in [0.25, 0.3) is 0 Å². The number of ether oxygens (including phenoxy) is 1. The fraction of sp³-hybridized carbons (Fsp3) is 0.138. The fourth-order valence-corrected chi connectivity index (χ4v) is 6.22. The Morgan fingerprint density at radius 1 is 0.818 bits per heavy atom. The van der Waals surface area contributed by atoms with Crippen molar-refractivity contribution < 1.29 is 9.13 Å². The maximum atomic E-state index is 13.8. The van der Waals surface area contributed by atoms with Gasteiger partial charge in [-0.15, -0.1) is 11.8 Å². The van der Waals surface area contributed by atoms with Gasteiger partial charge in [-0.2, -0.15) is 0 Å². The third kappa shape index (κ3) is 3.65. The zero-order chi connectivity index (χ0) is 22.4.